The minimum atomic E-state index is -0.698. The van der Waals surface area contributed by atoms with Gasteiger partial charge in [0.15, 0.2) is 6.61 Å². The second kappa shape index (κ2) is 12.6. The Morgan fingerprint density at radius 2 is 1.76 bits per heavy atom. The first kappa shape index (κ1) is 27.5. The molecule has 180 valence electrons. The van der Waals surface area contributed by atoms with E-state index in [1.165, 1.54) is 4.90 Å². The van der Waals surface area contributed by atoms with Crippen LogP contribution in [0.4, 0.5) is 0 Å². The third-order valence-electron chi connectivity index (χ3n) is 5.48. The molecular formula is C25H31BrCl2N2O3. The van der Waals surface area contributed by atoms with Gasteiger partial charge in [-0.05, 0) is 77.5 Å². The summed E-state index contributed by atoms with van der Waals surface area (Å²) in [6.45, 7) is 9.84. The zero-order chi connectivity index (χ0) is 24.7. The van der Waals surface area contributed by atoms with Gasteiger partial charge in [-0.2, -0.15) is 0 Å². The predicted molar refractivity (Wildman–Crippen MR) is 138 cm³/mol. The number of carbonyl (C=O) groups is 2. The number of hydrogen-bond acceptors (Lipinski definition) is 3. The van der Waals surface area contributed by atoms with Crippen molar-refractivity contribution in [3.63, 3.8) is 0 Å². The van der Waals surface area contributed by atoms with Gasteiger partial charge in [0.25, 0.3) is 5.91 Å². The highest BCUT2D eigenvalue weighted by molar-refractivity contribution is 9.10. The van der Waals surface area contributed by atoms with Gasteiger partial charge in [-0.1, -0.05) is 56.1 Å². The Hall–Kier alpha value is -1.76. The standard InChI is InChI=1S/C25H31BrCl2N2O3/c1-6-16(4)29-25(32)17(5)30(13-18-7-9-21(27)22(28)11-18)24(31)14-33-23-10-8-19(15(2)3)12-20(23)26/h7-12,15-17H,6,13-14H2,1-5H3,(H,29,32)/t16-,17-/m0/s1. The van der Waals surface area contributed by atoms with Gasteiger partial charge in [-0.25, -0.2) is 0 Å². The van der Waals surface area contributed by atoms with Crippen molar-refractivity contribution in [1.82, 2.24) is 10.2 Å². The molecule has 1 N–H and O–H groups in total. The van der Waals surface area contributed by atoms with Crippen LogP contribution in [0.1, 0.15) is 58.1 Å². The molecule has 0 fully saturated rings. The van der Waals surface area contributed by atoms with Crippen LogP contribution in [-0.4, -0.2) is 35.4 Å². The lowest BCUT2D eigenvalue weighted by Crippen LogP contribution is -2.50. The summed E-state index contributed by atoms with van der Waals surface area (Å²) in [7, 11) is 0. The molecule has 0 radical (unpaired) electrons. The fourth-order valence-corrected chi connectivity index (χ4v) is 3.93. The van der Waals surface area contributed by atoms with Crippen LogP contribution in [0.2, 0.25) is 10.0 Å². The summed E-state index contributed by atoms with van der Waals surface area (Å²) in [5, 5.41) is 3.76. The zero-order valence-electron chi connectivity index (χ0n) is 19.6. The van der Waals surface area contributed by atoms with Gasteiger partial charge in [-0.3, -0.25) is 9.59 Å². The highest BCUT2D eigenvalue weighted by atomic mass is 79.9. The summed E-state index contributed by atoms with van der Waals surface area (Å²) < 4.78 is 6.59. The first-order valence-electron chi connectivity index (χ1n) is 11.0. The van der Waals surface area contributed by atoms with Crippen molar-refractivity contribution in [2.45, 2.75) is 65.6 Å². The molecule has 2 aromatic carbocycles. The molecule has 0 aliphatic rings. The number of benzene rings is 2. The minimum Gasteiger partial charge on any atom is -0.483 e. The monoisotopic (exact) mass is 556 g/mol. The number of hydrogen-bond donors (Lipinski definition) is 1. The summed E-state index contributed by atoms with van der Waals surface area (Å²) in [5.74, 6) is 0.412. The lowest BCUT2D eigenvalue weighted by atomic mass is 10.0. The Labute approximate surface area is 214 Å². The first-order chi connectivity index (χ1) is 15.5. The van der Waals surface area contributed by atoms with E-state index in [1.54, 1.807) is 25.1 Å². The molecule has 0 aromatic heterocycles. The Morgan fingerprint density at radius 3 is 2.33 bits per heavy atom. The summed E-state index contributed by atoms with van der Waals surface area (Å²) in [5.41, 5.74) is 1.93. The molecule has 0 spiro atoms. The van der Waals surface area contributed by atoms with E-state index in [1.807, 2.05) is 32.0 Å². The summed E-state index contributed by atoms with van der Waals surface area (Å²) >= 11 is 15.7. The molecule has 2 aromatic rings. The van der Waals surface area contributed by atoms with E-state index in [0.717, 1.165) is 22.0 Å². The number of rotatable bonds is 10. The van der Waals surface area contributed by atoms with Crippen LogP contribution in [0.25, 0.3) is 0 Å². The van der Waals surface area contributed by atoms with Crippen LogP contribution >= 0.6 is 39.1 Å². The molecule has 2 rings (SSSR count). The van der Waals surface area contributed by atoms with Crippen LogP contribution in [0, 0.1) is 0 Å². The molecule has 5 nitrogen and oxygen atoms in total. The summed E-state index contributed by atoms with van der Waals surface area (Å²) in [6.07, 6.45) is 0.794. The second-order valence-electron chi connectivity index (χ2n) is 8.40. The average Bonchev–Trinajstić information content (AvgIpc) is 2.77. The molecule has 0 unspecified atom stereocenters. The third-order valence-corrected chi connectivity index (χ3v) is 6.84. The van der Waals surface area contributed by atoms with E-state index in [-0.39, 0.29) is 31.0 Å². The fourth-order valence-electron chi connectivity index (χ4n) is 3.10. The van der Waals surface area contributed by atoms with E-state index < -0.39 is 6.04 Å². The predicted octanol–water partition coefficient (Wildman–Crippen LogP) is 6.59. The van der Waals surface area contributed by atoms with E-state index in [0.29, 0.717) is 21.7 Å². The summed E-state index contributed by atoms with van der Waals surface area (Å²) in [4.78, 5) is 27.5. The minimum absolute atomic E-state index is 0.00792. The summed E-state index contributed by atoms with van der Waals surface area (Å²) in [6, 6.07) is 10.3. The zero-order valence-corrected chi connectivity index (χ0v) is 22.7. The Balaban J connectivity index is 2.21. The molecule has 2 atom stereocenters. The van der Waals surface area contributed by atoms with Gasteiger partial charge in [-0.15, -0.1) is 0 Å². The van der Waals surface area contributed by atoms with Crippen molar-refractivity contribution in [2.75, 3.05) is 6.61 Å². The van der Waals surface area contributed by atoms with Crippen LogP contribution in [0.3, 0.4) is 0 Å². The largest absolute Gasteiger partial charge is 0.483 e. The van der Waals surface area contributed by atoms with Crippen molar-refractivity contribution in [3.8, 4) is 5.75 Å². The topological polar surface area (TPSA) is 58.6 Å². The van der Waals surface area contributed by atoms with Gasteiger partial charge in [0.05, 0.1) is 14.5 Å². The SMILES string of the molecule is CC[C@H](C)NC(=O)[C@H](C)N(Cc1ccc(Cl)c(Cl)c1)C(=O)COc1ccc(C(C)C)cc1Br. The molecule has 33 heavy (non-hydrogen) atoms. The van der Waals surface area contributed by atoms with Gasteiger partial charge in [0, 0.05) is 12.6 Å². The normalized spacial score (nSPS) is 12.9. The number of nitrogens with zero attached hydrogens (tertiary/aromatic N) is 1. The fraction of sp³-hybridized carbons (Fsp3) is 0.440. The molecule has 0 saturated carbocycles. The average molecular weight is 558 g/mol. The van der Waals surface area contributed by atoms with E-state index in [9.17, 15) is 9.59 Å². The third kappa shape index (κ3) is 7.90. The maximum atomic E-state index is 13.2. The van der Waals surface area contributed by atoms with Crippen LogP contribution in [0.15, 0.2) is 40.9 Å². The van der Waals surface area contributed by atoms with Gasteiger partial charge in [0.2, 0.25) is 5.91 Å². The molecule has 0 bridgehead atoms. The van der Waals surface area contributed by atoms with Crippen molar-refractivity contribution in [2.24, 2.45) is 0 Å². The number of nitrogens with one attached hydrogen (secondary N) is 1. The highest BCUT2D eigenvalue weighted by Crippen LogP contribution is 2.29. The van der Waals surface area contributed by atoms with E-state index >= 15 is 0 Å². The molecule has 0 aliphatic heterocycles. The van der Waals surface area contributed by atoms with Gasteiger partial charge < -0.3 is 15.0 Å². The van der Waals surface area contributed by atoms with E-state index in [4.69, 9.17) is 27.9 Å². The van der Waals surface area contributed by atoms with Crippen molar-refractivity contribution >= 4 is 50.9 Å². The number of ether oxygens (including phenoxy) is 1. The van der Waals surface area contributed by atoms with Crippen molar-refractivity contribution in [1.29, 1.82) is 0 Å². The van der Waals surface area contributed by atoms with E-state index in [2.05, 4.69) is 35.1 Å². The quantitative estimate of drug-likeness (QED) is 0.358. The number of halogens is 3. The van der Waals surface area contributed by atoms with Crippen LogP contribution in [-0.2, 0) is 16.1 Å². The van der Waals surface area contributed by atoms with Gasteiger partial charge >= 0.3 is 0 Å². The Bertz CT molecular complexity index is 984. The highest BCUT2D eigenvalue weighted by Gasteiger charge is 2.27. The molecule has 2 amide bonds. The lowest BCUT2D eigenvalue weighted by Gasteiger charge is -2.29. The number of amides is 2. The maximum absolute atomic E-state index is 13.2. The van der Waals surface area contributed by atoms with Crippen molar-refractivity contribution in [3.05, 3.63) is 62.0 Å². The Kier molecular flexibility index (Phi) is 10.5. The van der Waals surface area contributed by atoms with Crippen LogP contribution in [0.5, 0.6) is 5.75 Å². The first-order valence-corrected chi connectivity index (χ1v) is 12.5. The molecule has 0 heterocycles. The molecule has 8 heteroatoms. The maximum Gasteiger partial charge on any atom is 0.261 e. The van der Waals surface area contributed by atoms with Crippen molar-refractivity contribution < 1.29 is 14.3 Å². The van der Waals surface area contributed by atoms with Crippen LogP contribution < -0.4 is 10.1 Å². The molecular weight excluding hydrogens is 527 g/mol. The molecule has 0 aliphatic carbocycles. The smallest absolute Gasteiger partial charge is 0.261 e. The lowest BCUT2D eigenvalue weighted by molar-refractivity contribution is -0.142. The number of carbonyl (C=O) groups excluding carboxylic acids is 2. The second-order valence-corrected chi connectivity index (χ2v) is 10.1. The molecule has 0 saturated heterocycles. The Morgan fingerprint density at radius 1 is 1.06 bits per heavy atom. The van der Waals surface area contributed by atoms with Gasteiger partial charge in [0.1, 0.15) is 11.8 Å².